The third kappa shape index (κ3) is 11.3. The van der Waals surface area contributed by atoms with E-state index in [0.717, 1.165) is 26.1 Å². The Hall–Kier alpha value is -1.03. The largest absolute Gasteiger partial charge is 0.469 e. The van der Waals surface area contributed by atoms with Gasteiger partial charge in [0.2, 0.25) is 0 Å². The van der Waals surface area contributed by atoms with Crippen LogP contribution in [0.2, 0.25) is 0 Å². The first-order chi connectivity index (χ1) is 15.7. The summed E-state index contributed by atoms with van der Waals surface area (Å²) in [4.78, 5) is 9.96. The van der Waals surface area contributed by atoms with E-state index in [0.29, 0.717) is 26.1 Å². The Bertz CT molecular complexity index is 551. The highest BCUT2D eigenvalue weighted by atomic mass is 16.7. The van der Waals surface area contributed by atoms with Crippen molar-refractivity contribution in [3.63, 3.8) is 0 Å². The summed E-state index contributed by atoms with van der Waals surface area (Å²) < 4.78 is 32.7. The lowest BCUT2D eigenvalue weighted by molar-refractivity contribution is -0.272. The Balaban J connectivity index is 0.000000300. The second-order valence-corrected chi connectivity index (χ2v) is 8.74. The number of ether oxygens (including phenoxy) is 6. The number of esters is 1. The zero-order chi connectivity index (χ0) is 24.9. The van der Waals surface area contributed by atoms with Crippen molar-refractivity contribution in [2.75, 3.05) is 33.5 Å². The van der Waals surface area contributed by atoms with E-state index >= 15 is 0 Å². The maximum atomic E-state index is 9.96. The molecule has 0 spiro atoms. The highest BCUT2D eigenvalue weighted by Crippen LogP contribution is 2.35. The molecule has 194 valence electrons. The number of fused-ring (bicyclic) bond motifs is 2. The van der Waals surface area contributed by atoms with E-state index in [1.165, 1.54) is 25.5 Å². The van der Waals surface area contributed by atoms with Crippen molar-refractivity contribution >= 4 is 5.97 Å². The molecule has 4 rings (SSSR count). The van der Waals surface area contributed by atoms with E-state index in [-0.39, 0.29) is 30.4 Å². The second-order valence-electron chi connectivity index (χ2n) is 8.74. The summed E-state index contributed by atoms with van der Waals surface area (Å²) in [7, 11) is 1.38. The Kier molecular flexibility index (Phi) is 14.4. The van der Waals surface area contributed by atoms with Crippen LogP contribution in [-0.4, -0.2) is 80.9 Å². The Morgan fingerprint density at radius 1 is 1.15 bits per heavy atom. The first-order valence-electron chi connectivity index (χ1n) is 12.3. The van der Waals surface area contributed by atoms with Gasteiger partial charge in [-0.05, 0) is 33.1 Å². The number of methoxy groups -OCH3 is 1. The number of carbonyl (C=O) groups is 1. The summed E-state index contributed by atoms with van der Waals surface area (Å²) in [6, 6.07) is 0. The number of rotatable bonds is 1. The number of aliphatic hydroxyl groups is 1. The molecule has 0 aliphatic carbocycles. The maximum Gasteiger partial charge on any atom is 0.305 e. The van der Waals surface area contributed by atoms with Gasteiger partial charge in [0.25, 0.3) is 0 Å². The van der Waals surface area contributed by atoms with Crippen LogP contribution in [0.5, 0.6) is 0 Å². The maximum absolute atomic E-state index is 9.96. The molecule has 0 aromatic heterocycles. The van der Waals surface area contributed by atoms with E-state index < -0.39 is 11.9 Å². The minimum atomic E-state index is -0.552. The van der Waals surface area contributed by atoms with E-state index in [1.54, 1.807) is 6.92 Å². The van der Waals surface area contributed by atoms with Gasteiger partial charge in [-0.2, -0.15) is 0 Å². The Morgan fingerprint density at radius 2 is 1.88 bits per heavy atom. The summed E-state index contributed by atoms with van der Waals surface area (Å²) in [5, 5.41) is 9.62. The Morgan fingerprint density at radius 3 is 2.39 bits per heavy atom. The van der Waals surface area contributed by atoms with Crippen LogP contribution in [0.25, 0.3) is 0 Å². The molecule has 4 fully saturated rings. The molecule has 1 N–H and O–H groups in total. The van der Waals surface area contributed by atoms with Crippen LogP contribution >= 0.6 is 0 Å². The molecule has 5 atom stereocenters. The van der Waals surface area contributed by atoms with Gasteiger partial charge < -0.3 is 33.5 Å². The molecule has 0 amide bonds. The molecule has 4 aliphatic rings. The average Bonchev–Trinajstić information content (AvgIpc) is 2.96. The summed E-state index contributed by atoms with van der Waals surface area (Å²) in [5.41, 5.74) is 1.24. The van der Waals surface area contributed by atoms with Crippen molar-refractivity contribution in [1.29, 1.82) is 0 Å². The lowest BCUT2D eigenvalue weighted by Gasteiger charge is -2.44. The fraction of sp³-hybridized carbons (Fsp3) is 0.880. The first kappa shape index (κ1) is 30.0. The topological polar surface area (TPSA) is 92.7 Å². The zero-order valence-corrected chi connectivity index (χ0v) is 21.5. The van der Waals surface area contributed by atoms with Crippen LogP contribution in [0.15, 0.2) is 12.2 Å². The van der Waals surface area contributed by atoms with Crippen molar-refractivity contribution in [3.8, 4) is 0 Å². The molecule has 0 saturated carbocycles. The molecule has 33 heavy (non-hydrogen) atoms. The van der Waals surface area contributed by atoms with Gasteiger partial charge in [-0.1, -0.05) is 32.9 Å². The molecule has 8 heteroatoms. The lowest BCUT2D eigenvalue weighted by Crippen LogP contribution is -2.54. The number of aliphatic hydroxyl groups excluding tert-OH is 1. The normalized spacial score (nSPS) is 32.5. The molecule has 0 bridgehead atoms. The van der Waals surface area contributed by atoms with Gasteiger partial charge in [0.15, 0.2) is 5.79 Å². The molecular weight excluding hydrogens is 428 g/mol. The van der Waals surface area contributed by atoms with Crippen LogP contribution in [0, 0.1) is 0 Å². The SMILES string of the molecule is C=C1CCCOC1.CC.CC1(C)OCC[C@H]2O[C@H]3C[C@@H](O)CO[C@H]3C[C@H]2O1.CCC(=O)OC. The minimum absolute atomic E-state index is 0.000174. The molecule has 0 unspecified atom stereocenters. The summed E-state index contributed by atoms with van der Waals surface area (Å²) >= 11 is 0. The van der Waals surface area contributed by atoms with E-state index in [2.05, 4.69) is 11.3 Å². The lowest BCUT2D eigenvalue weighted by atomic mass is 9.91. The van der Waals surface area contributed by atoms with Gasteiger partial charge in [0.1, 0.15) is 0 Å². The van der Waals surface area contributed by atoms with Crippen LogP contribution in [0.4, 0.5) is 0 Å². The van der Waals surface area contributed by atoms with E-state index in [9.17, 15) is 9.90 Å². The molecule has 0 aromatic carbocycles. The smallest absolute Gasteiger partial charge is 0.305 e. The highest BCUT2D eigenvalue weighted by molar-refractivity contribution is 5.68. The third-order valence-electron chi connectivity index (χ3n) is 5.58. The second kappa shape index (κ2) is 15.8. The van der Waals surface area contributed by atoms with Gasteiger partial charge >= 0.3 is 5.97 Å². The van der Waals surface area contributed by atoms with Crippen molar-refractivity contribution < 1.29 is 38.3 Å². The van der Waals surface area contributed by atoms with Crippen LogP contribution in [-0.2, 0) is 33.2 Å². The van der Waals surface area contributed by atoms with Gasteiger partial charge in [-0.25, -0.2) is 0 Å². The summed E-state index contributed by atoms with van der Waals surface area (Å²) in [6.07, 6.45) is 4.86. The average molecular weight is 475 g/mol. The van der Waals surface area contributed by atoms with Gasteiger partial charge in [0, 0.05) is 25.9 Å². The van der Waals surface area contributed by atoms with Crippen molar-refractivity contribution in [2.45, 2.75) is 109 Å². The van der Waals surface area contributed by atoms with Crippen LogP contribution in [0.3, 0.4) is 0 Å². The molecule has 4 heterocycles. The third-order valence-corrected chi connectivity index (χ3v) is 5.58. The predicted molar refractivity (Wildman–Crippen MR) is 126 cm³/mol. The fourth-order valence-electron chi connectivity index (χ4n) is 3.94. The number of carbonyl (C=O) groups excluding carboxylic acids is 1. The summed E-state index contributed by atoms with van der Waals surface area (Å²) in [6.45, 7) is 16.2. The van der Waals surface area contributed by atoms with Gasteiger partial charge in [-0.15, -0.1) is 0 Å². The molecule has 0 radical (unpaired) electrons. The standard InChI is InChI=1S/C13H22O5.C6H10O.C4H8O2.C2H6/c1-13(2)16-4-3-9-12(18-13)6-10-11(17-9)5-8(14)7-15-10;1-6-3-2-4-7-5-6;1-3-4(5)6-2;1-2/h8-12,14H,3-7H2,1-2H3;1-5H2;3H2,1-2H3;1-2H3/t8-,9-,10+,11+,12-;;;/m1.../s1. The fourth-order valence-corrected chi connectivity index (χ4v) is 3.94. The zero-order valence-electron chi connectivity index (χ0n) is 21.5. The Labute approximate surface area is 199 Å². The molecule has 8 nitrogen and oxygen atoms in total. The van der Waals surface area contributed by atoms with Crippen molar-refractivity contribution in [1.82, 2.24) is 0 Å². The monoisotopic (exact) mass is 474 g/mol. The van der Waals surface area contributed by atoms with Crippen molar-refractivity contribution in [3.05, 3.63) is 12.2 Å². The van der Waals surface area contributed by atoms with E-state index in [4.69, 9.17) is 23.7 Å². The predicted octanol–water partition coefficient (Wildman–Crippen LogP) is 3.78. The van der Waals surface area contributed by atoms with Crippen LogP contribution < -0.4 is 0 Å². The molecular formula is C25H46O8. The quantitative estimate of drug-likeness (QED) is 0.453. The minimum Gasteiger partial charge on any atom is -0.469 e. The van der Waals surface area contributed by atoms with Crippen LogP contribution in [0.1, 0.15) is 73.1 Å². The molecule has 4 aliphatic heterocycles. The highest BCUT2D eigenvalue weighted by Gasteiger charge is 2.45. The molecule has 0 aromatic rings. The molecule has 4 saturated heterocycles. The number of hydrogen-bond acceptors (Lipinski definition) is 8. The summed E-state index contributed by atoms with van der Waals surface area (Å²) in [5.74, 6) is -0.709. The first-order valence-corrected chi connectivity index (χ1v) is 12.3. The van der Waals surface area contributed by atoms with Crippen molar-refractivity contribution in [2.24, 2.45) is 0 Å². The number of hydrogen-bond donors (Lipinski definition) is 1. The van der Waals surface area contributed by atoms with Gasteiger partial charge in [-0.3, -0.25) is 4.79 Å². The van der Waals surface area contributed by atoms with E-state index in [1.807, 2.05) is 27.7 Å². The van der Waals surface area contributed by atoms with Gasteiger partial charge in [0.05, 0.1) is 57.5 Å².